The lowest BCUT2D eigenvalue weighted by Crippen LogP contribution is -2.15. The zero-order chi connectivity index (χ0) is 11.0. The molecular formula is C12H13ClN2S. The second-order valence-corrected chi connectivity index (χ2v) is 5.81. The minimum atomic E-state index is 0.256. The van der Waals surface area contributed by atoms with Crippen LogP contribution in [0, 0.1) is 5.92 Å². The predicted octanol–water partition coefficient (Wildman–Crippen LogP) is 3.73. The molecule has 1 aromatic heterocycles. The monoisotopic (exact) mass is 252 g/mol. The van der Waals surface area contributed by atoms with Gasteiger partial charge in [-0.2, -0.15) is 0 Å². The largest absolute Gasteiger partial charge is 0.360 e. The Balaban J connectivity index is 1.69. The second-order valence-electron chi connectivity index (χ2n) is 4.22. The third kappa shape index (κ3) is 2.15. The fourth-order valence-electron chi connectivity index (χ4n) is 1.76. The maximum absolute atomic E-state index is 6.24. The third-order valence-corrected chi connectivity index (χ3v) is 4.38. The van der Waals surface area contributed by atoms with Crippen LogP contribution in [0.25, 0.3) is 10.2 Å². The molecule has 1 heterocycles. The number of fused-ring (bicyclic) bond motifs is 1. The Bertz CT molecular complexity index is 459. The molecule has 1 aliphatic rings. The van der Waals surface area contributed by atoms with Gasteiger partial charge in [-0.15, -0.1) is 11.6 Å². The van der Waals surface area contributed by atoms with Gasteiger partial charge in [-0.25, -0.2) is 4.98 Å². The Morgan fingerprint density at radius 3 is 3.00 bits per heavy atom. The molecule has 2 aromatic rings. The molecule has 1 saturated carbocycles. The van der Waals surface area contributed by atoms with Crippen molar-refractivity contribution in [3.8, 4) is 0 Å². The summed E-state index contributed by atoms with van der Waals surface area (Å²) in [6.07, 6.45) is 2.57. The van der Waals surface area contributed by atoms with E-state index < -0.39 is 0 Å². The molecule has 84 valence electrons. The fourth-order valence-corrected chi connectivity index (χ4v) is 2.96. The van der Waals surface area contributed by atoms with Crippen LogP contribution < -0.4 is 5.32 Å². The topological polar surface area (TPSA) is 24.9 Å². The Morgan fingerprint density at radius 2 is 2.25 bits per heavy atom. The Labute approximate surface area is 104 Å². The van der Waals surface area contributed by atoms with E-state index in [1.165, 1.54) is 17.5 Å². The number of anilines is 1. The molecule has 4 heteroatoms. The Morgan fingerprint density at radius 1 is 1.44 bits per heavy atom. The lowest BCUT2D eigenvalue weighted by molar-refractivity contribution is 0.770. The highest BCUT2D eigenvalue weighted by Crippen LogP contribution is 2.36. The standard InChI is InChI=1S/C12H13ClN2S/c13-9(8-5-6-8)7-14-12-15-10-3-1-2-4-11(10)16-12/h1-4,8-9H,5-7H2,(H,14,15). The zero-order valence-electron chi connectivity index (χ0n) is 8.82. The number of alkyl halides is 1. The Kier molecular flexibility index (Phi) is 2.74. The van der Waals surface area contributed by atoms with Crippen LogP contribution in [0.3, 0.4) is 0 Å². The summed E-state index contributed by atoms with van der Waals surface area (Å²) >= 11 is 7.93. The van der Waals surface area contributed by atoms with Crippen LogP contribution in [-0.2, 0) is 0 Å². The first kappa shape index (κ1) is 10.4. The van der Waals surface area contributed by atoms with Gasteiger partial charge in [0.25, 0.3) is 0 Å². The van der Waals surface area contributed by atoms with Crippen LogP contribution in [0.2, 0.25) is 0 Å². The molecule has 0 aliphatic heterocycles. The molecule has 1 atom stereocenters. The number of nitrogens with zero attached hydrogens (tertiary/aromatic N) is 1. The van der Waals surface area contributed by atoms with Crippen molar-refractivity contribution in [1.82, 2.24) is 4.98 Å². The highest BCUT2D eigenvalue weighted by atomic mass is 35.5. The van der Waals surface area contributed by atoms with Gasteiger partial charge in [-0.3, -0.25) is 0 Å². The van der Waals surface area contributed by atoms with Crippen LogP contribution in [0.4, 0.5) is 5.13 Å². The highest BCUT2D eigenvalue weighted by Gasteiger charge is 2.29. The smallest absolute Gasteiger partial charge is 0.183 e. The predicted molar refractivity (Wildman–Crippen MR) is 70.5 cm³/mol. The van der Waals surface area contributed by atoms with Crippen molar-refractivity contribution in [3.05, 3.63) is 24.3 Å². The number of nitrogens with one attached hydrogen (secondary N) is 1. The maximum atomic E-state index is 6.24. The number of para-hydroxylation sites is 1. The first-order valence-electron chi connectivity index (χ1n) is 5.56. The van der Waals surface area contributed by atoms with Gasteiger partial charge in [0.2, 0.25) is 0 Å². The fraction of sp³-hybridized carbons (Fsp3) is 0.417. The summed E-state index contributed by atoms with van der Waals surface area (Å²) in [5.74, 6) is 0.726. The molecule has 0 bridgehead atoms. The van der Waals surface area contributed by atoms with Crippen molar-refractivity contribution < 1.29 is 0 Å². The SMILES string of the molecule is ClC(CNc1nc2ccccc2s1)C1CC1. The number of benzene rings is 1. The Hall–Kier alpha value is -0.800. The molecule has 0 radical (unpaired) electrons. The van der Waals surface area contributed by atoms with Gasteiger partial charge in [0.05, 0.1) is 15.6 Å². The number of hydrogen-bond acceptors (Lipinski definition) is 3. The first-order valence-corrected chi connectivity index (χ1v) is 6.82. The normalized spacial score (nSPS) is 17.6. The van der Waals surface area contributed by atoms with E-state index in [1.807, 2.05) is 18.2 Å². The molecule has 1 fully saturated rings. The molecule has 3 rings (SSSR count). The van der Waals surface area contributed by atoms with Gasteiger partial charge in [0, 0.05) is 6.54 Å². The lowest BCUT2D eigenvalue weighted by atomic mass is 10.3. The molecule has 0 amide bonds. The van der Waals surface area contributed by atoms with Gasteiger partial charge in [-0.05, 0) is 30.9 Å². The summed E-state index contributed by atoms with van der Waals surface area (Å²) in [7, 11) is 0. The molecule has 0 saturated heterocycles. The van der Waals surface area contributed by atoms with E-state index >= 15 is 0 Å². The average molecular weight is 253 g/mol. The summed E-state index contributed by atoms with van der Waals surface area (Å²) in [6, 6.07) is 8.19. The van der Waals surface area contributed by atoms with Gasteiger partial charge >= 0.3 is 0 Å². The second kappa shape index (κ2) is 4.22. The van der Waals surface area contributed by atoms with Crippen molar-refractivity contribution in [2.75, 3.05) is 11.9 Å². The average Bonchev–Trinajstić information content (AvgIpc) is 3.06. The molecule has 16 heavy (non-hydrogen) atoms. The van der Waals surface area contributed by atoms with E-state index in [-0.39, 0.29) is 5.38 Å². The molecule has 1 unspecified atom stereocenters. The summed E-state index contributed by atoms with van der Waals surface area (Å²) in [4.78, 5) is 4.51. The van der Waals surface area contributed by atoms with Crippen molar-refractivity contribution >= 4 is 38.3 Å². The van der Waals surface area contributed by atoms with Gasteiger partial charge in [-0.1, -0.05) is 23.5 Å². The molecule has 1 N–H and O–H groups in total. The van der Waals surface area contributed by atoms with Gasteiger partial charge in [0.15, 0.2) is 5.13 Å². The van der Waals surface area contributed by atoms with Crippen LogP contribution in [0.1, 0.15) is 12.8 Å². The number of halogens is 1. The quantitative estimate of drug-likeness (QED) is 0.839. The highest BCUT2D eigenvalue weighted by molar-refractivity contribution is 7.22. The molecule has 1 aromatic carbocycles. The summed E-state index contributed by atoms with van der Waals surface area (Å²) in [5.41, 5.74) is 1.06. The van der Waals surface area contributed by atoms with Crippen molar-refractivity contribution in [3.63, 3.8) is 0 Å². The van der Waals surface area contributed by atoms with Crippen molar-refractivity contribution in [2.24, 2.45) is 5.92 Å². The minimum absolute atomic E-state index is 0.256. The number of hydrogen-bond donors (Lipinski definition) is 1. The first-order chi connectivity index (χ1) is 7.83. The molecular weight excluding hydrogens is 240 g/mol. The summed E-state index contributed by atoms with van der Waals surface area (Å²) in [6.45, 7) is 0.825. The number of thiazole rings is 1. The maximum Gasteiger partial charge on any atom is 0.183 e. The van der Waals surface area contributed by atoms with E-state index in [1.54, 1.807) is 11.3 Å². The molecule has 1 aliphatic carbocycles. The number of rotatable bonds is 4. The molecule has 2 nitrogen and oxygen atoms in total. The van der Waals surface area contributed by atoms with E-state index in [2.05, 4.69) is 16.4 Å². The third-order valence-electron chi connectivity index (χ3n) is 2.88. The van der Waals surface area contributed by atoms with E-state index in [0.717, 1.165) is 23.1 Å². The zero-order valence-corrected chi connectivity index (χ0v) is 10.4. The van der Waals surface area contributed by atoms with Gasteiger partial charge in [0.1, 0.15) is 0 Å². The summed E-state index contributed by atoms with van der Waals surface area (Å²) < 4.78 is 1.22. The van der Waals surface area contributed by atoms with Crippen LogP contribution in [0.5, 0.6) is 0 Å². The van der Waals surface area contributed by atoms with Crippen molar-refractivity contribution in [1.29, 1.82) is 0 Å². The van der Waals surface area contributed by atoms with Crippen LogP contribution in [-0.4, -0.2) is 16.9 Å². The lowest BCUT2D eigenvalue weighted by Gasteiger charge is -2.07. The van der Waals surface area contributed by atoms with Crippen LogP contribution >= 0.6 is 22.9 Å². The van der Waals surface area contributed by atoms with E-state index in [9.17, 15) is 0 Å². The number of aromatic nitrogens is 1. The van der Waals surface area contributed by atoms with E-state index in [4.69, 9.17) is 11.6 Å². The van der Waals surface area contributed by atoms with E-state index in [0.29, 0.717) is 0 Å². The minimum Gasteiger partial charge on any atom is -0.360 e. The van der Waals surface area contributed by atoms with Crippen molar-refractivity contribution in [2.45, 2.75) is 18.2 Å². The summed E-state index contributed by atoms with van der Waals surface area (Å²) in [5, 5.41) is 4.57. The molecule has 0 spiro atoms. The van der Waals surface area contributed by atoms with Crippen LogP contribution in [0.15, 0.2) is 24.3 Å². The van der Waals surface area contributed by atoms with Gasteiger partial charge < -0.3 is 5.32 Å².